The Bertz CT molecular complexity index is 620. The quantitative estimate of drug-likeness (QED) is 0.860. The second kappa shape index (κ2) is 4.82. The fourth-order valence-electron chi connectivity index (χ4n) is 2.22. The summed E-state index contributed by atoms with van der Waals surface area (Å²) < 4.78 is 8.87. The van der Waals surface area contributed by atoms with E-state index in [9.17, 15) is 4.79 Å². The van der Waals surface area contributed by atoms with Gasteiger partial charge in [0.25, 0.3) is 0 Å². The lowest BCUT2D eigenvalue weighted by molar-refractivity contribution is 0.0603. The minimum absolute atomic E-state index is 0.253. The first-order valence-electron chi connectivity index (χ1n) is 5.84. The number of aromatic nitrogens is 1. The average molecular weight is 295 g/mol. The Morgan fingerprint density at radius 2 is 2.42 bits per heavy atom. The van der Waals surface area contributed by atoms with Crippen LogP contribution in [0.3, 0.4) is 0 Å². The molecule has 0 saturated carbocycles. The van der Waals surface area contributed by atoms with E-state index in [1.807, 2.05) is 0 Å². The van der Waals surface area contributed by atoms with Crippen molar-refractivity contribution in [2.45, 2.75) is 13.0 Å². The predicted octanol–water partition coefficient (Wildman–Crippen LogP) is 2.14. The van der Waals surface area contributed by atoms with Gasteiger partial charge in [0.1, 0.15) is 10.6 Å². The van der Waals surface area contributed by atoms with Crippen LogP contribution in [-0.4, -0.2) is 24.0 Å². The number of hydrogen-bond donors (Lipinski definition) is 1. The number of carbonyl (C=O) groups excluding carboxylic acids is 1. The molecule has 0 amide bonds. The van der Waals surface area contributed by atoms with Crippen LogP contribution in [0.5, 0.6) is 0 Å². The van der Waals surface area contributed by atoms with E-state index in [2.05, 4.69) is 20.7 Å². The Kier molecular flexibility index (Phi) is 3.16. The smallest absolute Gasteiger partial charge is 0.344 e. The number of rotatable bonds is 2. The highest BCUT2D eigenvalue weighted by Crippen LogP contribution is 2.35. The zero-order chi connectivity index (χ0) is 13.4. The van der Waals surface area contributed by atoms with E-state index in [0.717, 1.165) is 24.5 Å². The summed E-state index contributed by atoms with van der Waals surface area (Å²) in [6, 6.07) is 2.13. The van der Waals surface area contributed by atoms with Gasteiger partial charge in [0, 0.05) is 18.0 Å². The van der Waals surface area contributed by atoms with Crippen LogP contribution in [0.4, 0.5) is 10.8 Å². The molecule has 2 aromatic rings. The second-order valence-corrected chi connectivity index (χ2v) is 6.03. The third-order valence-corrected chi connectivity index (χ3v) is 5.13. The zero-order valence-corrected chi connectivity index (χ0v) is 12.0. The van der Waals surface area contributed by atoms with E-state index >= 15 is 0 Å². The minimum atomic E-state index is -0.419. The molecule has 5 nitrogen and oxygen atoms in total. The van der Waals surface area contributed by atoms with E-state index in [1.54, 1.807) is 11.3 Å². The Labute approximate surface area is 118 Å². The van der Waals surface area contributed by atoms with Crippen molar-refractivity contribution < 1.29 is 9.53 Å². The third-order valence-electron chi connectivity index (χ3n) is 3.18. The van der Waals surface area contributed by atoms with Gasteiger partial charge < -0.3 is 15.4 Å². The normalized spacial score (nSPS) is 14.3. The summed E-state index contributed by atoms with van der Waals surface area (Å²) in [5.41, 5.74) is 7.49. The van der Waals surface area contributed by atoms with Crippen molar-refractivity contribution in [1.82, 2.24) is 4.37 Å². The summed E-state index contributed by atoms with van der Waals surface area (Å²) in [7, 11) is 1.36. The number of carbonyl (C=O) groups is 1. The largest absolute Gasteiger partial charge is 0.465 e. The van der Waals surface area contributed by atoms with Crippen molar-refractivity contribution in [2.75, 3.05) is 24.3 Å². The molecule has 0 fully saturated rings. The number of ether oxygens (including phenoxy) is 1. The van der Waals surface area contributed by atoms with Gasteiger partial charge in [-0.05, 0) is 35.0 Å². The van der Waals surface area contributed by atoms with Gasteiger partial charge in [0.15, 0.2) is 5.82 Å². The maximum Gasteiger partial charge on any atom is 0.344 e. The first kappa shape index (κ1) is 12.4. The van der Waals surface area contributed by atoms with Gasteiger partial charge in [-0.3, -0.25) is 0 Å². The van der Waals surface area contributed by atoms with Crippen LogP contribution in [-0.2, 0) is 17.7 Å². The lowest BCUT2D eigenvalue weighted by Gasteiger charge is -2.27. The number of anilines is 2. The first-order chi connectivity index (χ1) is 9.20. The highest BCUT2D eigenvalue weighted by Gasteiger charge is 2.27. The molecule has 0 aliphatic carbocycles. The highest BCUT2D eigenvalue weighted by atomic mass is 32.1. The Morgan fingerprint density at radius 1 is 1.58 bits per heavy atom. The summed E-state index contributed by atoms with van der Waals surface area (Å²) >= 11 is 3.04. The number of nitrogens with two attached hydrogens (primary N) is 1. The molecule has 2 N–H and O–H groups in total. The van der Waals surface area contributed by atoms with Crippen molar-refractivity contribution in [3.63, 3.8) is 0 Å². The maximum absolute atomic E-state index is 11.8. The van der Waals surface area contributed by atoms with Crippen LogP contribution >= 0.6 is 22.9 Å². The Balaban J connectivity index is 1.94. The highest BCUT2D eigenvalue weighted by molar-refractivity contribution is 7.11. The molecule has 0 spiro atoms. The number of methoxy groups -OCH3 is 1. The molecule has 0 unspecified atom stereocenters. The third kappa shape index (κ3) is 2.08. The molecule has 3 heterocycles. The fourth-order valence-corrected chi connectivity index (χ4v) is 3.94. The van der Waals surface area contributed by atoms with E-state index < -0.39 is 5.97 Å². The number of nitrogens with zero attached hydrogens (tertiary/aromatic N) is 2. The lowest BCUT2D eigenvalue weighted by Crippen LogP contribution is -2.30. The van der Waals surface area contributed by atoms with Crippen LogP contribution in [0.25, 0.3) is 0 Å². The van der Waals surface area contributed by atoms with Crippen LogP contribution in [0.15, 0.2) is 11.4 Å². The molecule has 7 heteroatoms. The van der Waals surface area contributed by atoms with Gasteiger partial charge in [-0.2, -0.15) is 4.37 Å². The van der Waals surface area contributed by atoms with Crippen LogP contribution in [0.2, 0.25) is 0 Å². The molecule has 1 aliphatic rings. The summed E-state index contributed by atoms with van der Waals surface area (Å²) in [5, 5.41) is 2.91. The monoisotopic (exact) mass is 295 g/mol. The van der Waals surface area contributed by atoms with Gasteiger partial charge in [0.05, 0.1) is 7.11 Å². The van der Waals surface area contributed by atoms with Crippen LogP contribution in [0.1, 0.15) is 20.8 Å². The zero-order valence-electron chi connectivity index (χ0n) is 10.4. The van der Waals surface area contributed by atoms with Gasteiger partial charge in [-0.25, -0.2) is 4.79 Å². The molecule has 3 rings (SSSR count). The summed E-state index contributed by atoms with van der Waals surface area (Å²) in [6.07, 6.45) is 0.991. The van der Waals surface area contributed by atoms with Crippen molar-refractivity contribution >= 4 is 39.7 Å². The second-order valence-electron chi connectivity index (χ2n) is 4.28. The summed E-state index contributed by atoms with van der Waals surface area (Å²) in [5.74, 6) is -0.166. The minimum Gasteiger partial charge on any atom is -0.465 e. The van der Waals surface area contributed by atoms with E-state index in [-0.39, 0.29) is 5.82 Å². The number of thiophene rings is 1. The standard InChI is InChI=1S/C12H13N3O2S2/c1-17-12(16)9-10(13)14-19-11(9)15-4-2-8-7(6-15)3-5-18-8/h3,5H,2,4,6H2,1H3,(H2,13,14). The summed E-state index contributed by atoms with van der Waals surface area (Å²) in [6.45, 7) is 1.67. The number of esters is 1. The van der Waals surface area contributed by atoms with Crippen molar-refractivity contribution in [1.29, 1.82) is 0 Å². The van der Waals surface area contributed by atoms with Gasteiger partial charge in [-0.1, -0.05) is 0 Å². The van der Waals surface area contributed by atoms with Crippen molar-refractivity contribution in [3.8, 4) is 0 Å². The molecular weight excluding hydrogens is 282 g/mol. The number of nitrogen functional groups attached to an aromatic ring is 1. The Morgan fingerprint density at radius 3 is 3.21 bits per heavy atom. The topological polar surface area (TPSA) is 68.5 Å². The lowest BCUT2D eigenvalue weighted by atomic mass is 10.1. The molecule has 0 radical (unpaired) electrons. The number of hydrogen-bond acceptors (Lipinski definition) is 7. The van der Waals surface area contributed by atoms with Gasteiger partial charge in [-0.15, -0.1) is 11.3 Å². The molecular formula is C12H13N3O2S2. The molecule has 0 saturated heterocycles. The van der Waals surface area contributed by atoms with Crippen LogP contribution < -0.4 is 10.6 Å². The predicted molar refractivity (Wildman–Crippen MR) is 76.9 cm³/mol. The van der Waals surface area contributed by atoms with E-state index in [0.29, 0.717) is 5.56 Å². The van der Waals surface area contributed by atoms with Crippen molar-refractivity contribution in [2.24, 2.45) is 0 Å². The molecule has 0 aromatic carbocycles. The average Bonchev–Trinajstić information content (AvgIpc) is 3.03. The SMILES string of the molecule is COC(=O)c1c(N)nsc1N1CCc2sccc2C1. The van der Waals surface area contributed by atoms with E-state index in [1.165, 1.54) is 29.1 Å². The van der Waals surface area contributed by atoms with Gasteiger partial charge in [0.2, 0.25) is 0 Å². The fraction of sp³-hybridized carbons (Fsp3) is 0.333. The Hall–Kier alpha value is -1.60. The molecule has 19 heavy (non-hydrogen) atoms. The van der Waals surface area contributed by atoms with Gasteiger partial charge >= 0.3 is 5.97 Å². The molecule has 2 aromatic heterocycles. The van der Waals surface area contributed by atoms with Crippen molar-refractivity contribution in [3.05, 3.63) is 27.5 Å². The number of fused-ring (bicyclic) bond motifs is 1. The molecule has 0 atom stereocenters. The van der Waals surface area contributed by atoms with E-state index in [4.69, 9.17) is 10.5 Å². The molecule has 1 aliphatic heterocycles. The van der Waals surface area contributed by atoms with Crippen LogP contribution in [0, 0.1) is 0 Å². The first-order valence-corrected chi connectivity index (χ1v) is 7.49. The summed E-state index contributed by atoms with van der Waals surface area (Å²) in [4.78, 5) is 15.4. The molecule has 0 bridgehead atoms. The molecule has 100 valence electrons. The maximum atomic E-state index is 11.8.